The van der Waals surface area contributed by atoms with Crippen molar-refractivity contribution >= 4 is 27.7 Å². The van der Waals surface area contributed by atoms with Crippen LogP contribution in [0.5, 0.6) is 0 Å². The molecule has 160 valence electrons. The second-order valence-electron chi connectivity index (χ2n) is 7.35. The Morgan fingerprint density at radius 1 is 1.16 bits per heavy atom. The van der Waals surface area contributed by atoms with Crippen molar-refractivity contribution in [3.05, 3.63) is 70.5 Å². The van der Waals surface area contributed by atoms with Crippen molar-refractivity contribution in [1.82, 2.24) is 20.3 Å². The number of nitrogens with two attached hydrogens (primary N) is 1. The third-order valence-electron chi connectivity index (χ3n) is 5.19. The van der Waals surface area contributed by atoms with Crippen LogP contribution >= 0.6 is 15.9 Å². The molecule has 9 heteroatoms. The molecule has 7 nitrogen and oxygen atoms in total. The number of pyridine rings is 1. The number of hydrogen-bond acceptors (Lipinski definition) is 6. The number of carbonyl (C=O) groups excluding carboxylic acids is 1. The van der Waals surface area contributed by atoms with Crippen LogP contribution in [-0.2, 0) is 11.3 Å². The van der Waals surface area contributed by atoms with E-state index in [2.05, 4.69) is 36.2 Å². The van der Waals surface area contributed by atoms with Crippen LogP contribution in [0.3, 0.4) is 0 Å². The summed E-state index contributed by atoms with van der Waals surface area (Å²) < 4.78 is 20.2. The third-order valence-corrected chi connectivity index (χ3v) is 5.71. The quantitative estimate of drug-likeness (QED) is 0.513. The molecule has 2 atom stereocenters. The van der Waals surface area contributed by atoms with E-state index in [1.807, 2.05) is 24.3 Å². The van der Waals surface area contributed by atoms with E-state index >= 15 is 0 Å². The minimum absolute atomic E-state index is 0.0281. The fraction of sp³-hybridized carbons (Fsp3) is 0.273. The van der Waals surface area contributed by atoms with Crippen molar-refractivity contribution in [2.24, 2.45) is 0 Å². The Balaban J connectivity index is 1.43. The SMILES string of the molecule is Nc1ncc(-c2ccc(F)nc2)nc1C(=O)N[C@H]1CCC[C@@H]1OCc1ccc(Br)cc1. The minimum Gasteiger partial charge on any atom is -0.382 e. The van der Waals surface area contributed by atoms with Gasteiger partial charge in [-0.1, -0.05) is 28.1 Å². The highest BCUT2D eigenvalue weighted by molar-refractivity contribution is 9.10. The van der Waals surface area contributed by atoms with E-state index < -0.39 is 11.9 Å². The molecular weight excluding hydrogens is 465 g/mol. The number of rotatable bonds is 6. The molecule has 1 aromatic carbocycles. The Kier molecular flexibility index (Phi) is 6.53. The lowest BCUT2D eigenvalue weighted by molar-refractivity contribution is 0.0271. The molecule has 2 heterocycles. The fourth-order valence-electron chi connectivity index (χ4n) is 3.54. The molecule has 0 unspecified atom stereocenters. The van der Waals surface area contributed by atoms with Gasteiger partial charge in [0.25, 0.3) is 5.91 Å². The summed E-state index contributed by atoms with van der Waals surface area (Å²) in [5.74, 6) is -0.978. The summed E-state index contributed by atoms with van der Waals surface area (Å²) in [6, 6.07) is 10.5. The van der Waals surface area contributed by atoms with Gasteiger partial charge >= 0.3 is 0 Å². The van der Waals surface area contributed by atoms with E-state index in [4.69, 9.17) is 10.5 Å². The number of anilines is 1. The Hall–Kier alpha value is -2.91. The summed E-state index contributed by atoms with van der Waals surface area (Å²) in [7, 11) is 0. The first kappa shape index (κ1) is 21.3. The number of halogens is 2. The predicted molar refractivity (Wildman–Crippen MR) is 117 cm³/mol. The average molecular weight is 486 g/mol. The van der Waals surface area contributed by atoms with Gasteiger partial charge in [-0.3, -0.25) is 4.79 Å². The normalized spacial score (nSPS) is 18.1. The van der Waals surface area contributed by atoms with Gasteiger partial charge in [-0.2, -0.15) is 4.39 Å². The summed E-state index contributed by atoms with van der Waals surface area (Å²) in [5.41, 5.74) is 7.93. The van der Waals surface area contributed by atoms with Crippen LogP contribution in [0.15, 0.2) is 53.3 Å². The lowest BCUT2D eigenvalue weighted by atomic mass is 10.2. The maximum Gasteiger partial charge on any atom is 0.274 e. The topological polar surface area (TPSA) is 103 Å². The lowest BCUT2D eigenvalue weighted by Crippen LogP contribution is -2.41. The lowest BCUT2D eigenvalue weighted by Gasteiger charge is -2.21. The molecular formula is C22H21BrFN5O2. The van der Waals surface area contributed by atoms with Crippen LogP contribution in [0.1, 0.15) is 35.3 Å². The molecule has 3 N–H and O–H groups in total. The molecule has 1 fully saturated rings. The van der Waals surface area contributed by atoms with Crippen LogP contribution in [-0.4, -0.2) is 33.0 Å². The molecule has 0 radical (unpaired) electrons. The Morgan fingerprint density at radius 2 is 1.97 bits per heavy atom. The maximum absolute atomic E-state index is 13.1. The van der Waals surface area contributed by atoms with Gasteiger partial charge in [0.05, 0.1) is 30.6 Å². The minimum atomic E-state index is -0.597. The number of nitrogen functional groups attached to an aromatic ring is 1. The van der Waals surface area contributed by atoms with E-state index in [-0.39, 0.29) is 23.7 Å². The van der Waals surface area contributed by atoms with Gasteiger partial charge in [0.15, 0.2) is 11.5 Å². The van der Waals surface area contributed by atoms with Gasteiger partial charge in [0.2, 0.25) is 5.95 Å². The number of ether oxygens (including phenoxy) is 1. The molecule has 0 spiro atoms. The number of nitrogens with one attached hydrogen (secondary N) is 1. The molecule has 1 saturated carbocycles. The fourth-order valence-corrected chi connectivity index (χ4v) is 3.81. The first-order chi connectivity index (χ1) is 15.0. The van der Waals surface area contributed by atoms with Crippen molar-refractivity contribution in [2.75, 3.05) is 5.73 Å². The van der Waals surface area contributed by atoms with Crippen LogP contribution in [0.2, 0.25) is 0 Å². The largest absolute Gasteiger partial charge is 0.382 e. The first-order valence-electron chi connectivity index (χ1n) is 9.91. The average Bonchev–Trinajstić information content (AvgIpc) is 3.21. The van der Waals surface area contributed by atoms with Crippen molar-refractivity contribution in [3.63, 3.8) is 0 Å². The molecule has 4 rings (SSSR count). The van der Waals surface area contributed by atoms with Crippen LogP contribution in [0, 0.1) is 5.95 Å². The molecule has 1 amide bonds. The van der Waals surface area contributed by atoms with Crippen LogP contribution < -0.4 is 11.1 Å². The highest BCUT2D eigenvalue weighted by Gasteiger charge is 2.30. The zero-order chi connectivity index (χ0) is 21.8. The second kappa shape index (κ2) is 9.49. The molecule has 31 heavy (non-hydrogen) atoms. The van der Waals surface area contributed by atoms with Crippen molar-refractivity contribution in [1.29, 1.82) is 0 Å². The number of hydrogen-bond donors (Lipinski definition) is 2. The summed E-state index contributed by atoms with van der Waals surface area (Å²) in [6.07, 6.45) is 5.31. The molecule has 1 aliphatic rings. The molecule has 2 aromatic heterocycles. The summed E-state index contributed by atoms with van der Waals surface area (Å²) in [5, 5.41) is 2.99. The van der Waals surface area contributed by atoms with Gasteiger partial charge in [0, 0.05) is 16.2 Å². The summed E-state index contributed by atoms with van der Waals surface area (Å²) in [6.45, 7) is 0.472. The second-order valence-corrected chi connectivity index (χ2v) is 8.26. The molecule has 0 aliphatic heterocycles. The Morgan fingerprint density at radius 3 is 2.71 bits per heavy atom. The Bertz CT molecular complexity index is 1060. The smallest absolute Gasteiger partial charge is 0.274 e. The van der Waals surface area contributed by atoms with Crippen molar-refractivity contribution in [2.45, 2.75) is 38.0 Å². The molecule has 1 aliphatic carbocycles. The maximum atomic E-state index is 13.1. The van der Waals surface area contributed by atoms with E-state index in [1.165, 1.54) is 24.5 Å². The van der Waals surface area contributed by atoms with Crippen LogP contribution in [0.25, 0.3) is 11.3 Å². The van der Waals surface area contributed by atoms with Crippen molar-refractivity contribution in [3.8, 4) is 11.3 Å². The standard InChI is InChI=1S/C22H21BrFN5O2/c23-15-7-4-13(5-8-15)12-31-18-3-1-2-16(18)29-22(30)20-21(25)27-11-17(28-20)14-6-9-19(24)26-10-14/h4-11,16,18H,1-3,12H2,(H2,25,27)(H,29,30)/t16-,18-/m0/s1. The Labute approximate surface area is 187 Å². The van der Waals surface area contributed by atoms with E-state index in [9.17, 15) is 9.18 Å². The van der Waals surface area contributed by atoms with Crippen LogP contribution in [0.4, 0.5) is 10.2 Å². The highest BCUT2D eigenvalue weighted by Crippen LogP contribution is 2.25. The van der Waals surface area contributed by atoms with Crippen molar-refractivity contribution < 1.29 is 13.9 Å². The zero-order valence-corrected chi connectivity index (χ0v) is 18.2. The predicted octanol–water partition coefficient (Wildman–Crippen LogP) is 3.89. The number of carbonyl (C=O) groups is 1. The highest BCUT2D eigenvalue weighted by atomic mass is 79.9. The monoisotopic (exact) mass is 485 g/mol. The van der Waals surface area contributed by atoms with Gasteiger partial charge in [-0.05, 0) is 49.1 Å². The van der Waals surface area contributed by atoms with E-state index in [0.717, 1.165) is 29.3 Å². The van der Waals surface area contributed by atoms with Gasteiger partial charge in [-0.15, -0.1) is 0 Å². The molecule has 0 saturated heterocycles. The first-order valence-corrected chi connectivity index (χ1v) is 10.7. The third kappa shape index (κ3) is 5.23. The molecule has 0 bridgehead atoms. The van der Waals surface area contributed by atoms with E-state index in [1.54, 1.807) is 0 Å². The van der Waals surface area contributed by atoms with Gasteiger partial charge in [-0.25, -0.2) is 15.0 Å². The van der Waals surface area contributed by atoms with Gasteiger partial charge < -0.3 is 15.8 Å². The number of amides is 1. The molecule has 3 aromatic rings. The number of benzene rings is 1. The van der Waals surface area contributed by atoms with Gasteiger partial charge in [0.1, 0.15) is 0 Å². The summed E-state index contributed by atoms with van der Waals surface area (Å²) in [4.78, 5) is 24.9. The number of aromatic nitrogens is 3. The summed E-state index contributed by atoms with van der Waals surface area (Å²) >= 11 is 3.42. The van der Waals surface area contributed by atoms with E-state index in [0.29, 0.717) is 17.9 Å². The zero-order valence-electron chi connectivity index (χ0n) is 16.6. The number of nitrogens with zero attached hydrogens (tertiary/aromatic N) is 3.